The van der Waals surface area contributed by atoms with Crippen LogP contribution in [-0.2, 0) is 14.8 Å². The molecule has 1 unspecified atom stereocenters. The third kappa shape index (κ3) is 4.44. The van der Waals surface area contributed by atoms with Crippen LogP contribution in [0.25, 0.3) is 0 Å². The zero-order chi connectivity index (χ0) is 18.6. The van der Waals surface area contributed by atoms with Gasteiger partial charge in [-0.15, -0.1) is 0 Å². The number of hydrogen-bond donors (Lipinski definition) is 1. The molecule has 0 bridgehead atoms. The van der Waals surface area contributed by atoms with Gasteiger partial charge in [-0.05, 0) is 47.0 Å². The molecule has 1 aromatic heterocycles. The number of ether oxygens (including phenoxy) is 2. The molecule has 1 fully saturated rings. The van der Waals surface area contributed by atoms with E-state index in [4.69, 9.17) is 9.47 Å². The molecule has 0 radical (unpaired) electrons. The molecular weight excluding hydrogens is 372 g/mol. The van der Waals surface area contributed by atoms with E-state index in [0.717, 1.165) is 24.2 Å². The summed E-state index contributed by atoms with van der Waals surface area (Å²) in [7, 11) is -2.20. The first kappa shape index (κ1) is 19.3. The number of morpholine rings is 1. The maximum Gasteiger partial charge on any atom is 0.244 e. The third-order valence-corrected chi connectivity index (χ3v) is 6.64. The fourth-order valence-electron chi connectivity index (χ4n) is 3.07. The van der Waals surface area contributed by atoms with Crippen LogP contribution in [0.5, 0.6) is 5.75 Å². The summed E-state index contributed by atoms with van der Waals surface area (Å²) < 4.78 is 39.2. The van der Waals surface area contributed by atoms with Crippen LogP contribution >= 0.6 is 11.3 Å². The van der Waals surface area contributed by atoms with Gasteiger partial charge in [0.2, 0.25) is 10.0 Å². The Labute approximate surface area is 158 Å². The van der Waals surface area contributed by atoms with Crippen molar-refractivity contribution in [1.82, 2.24) is 9.62 Å². The molecule has 26 heavy (non-hydrogen) atoms. The van der Waals surface area contributed by atoms with Gasteiger partial charge in [0.25, 0.3) is 0 Å². The molecule has 0 aliphatic carbocycles. The second kappa shape index (κ2) is 8.49. The zero-order valence-electron chi connectivity index (χ0n) is 15.0. The fourth-order valence-corrected chi connectivity index (χ4v) is 5.07. The number of benzene rings is 1. The lowest BCUT2D eigenvalue weighted by Gasteiger charge is -2.34. The van der Waals surface area contributed by atoms with Crippen molar-refractivity contribution < 1.29 is 17.9 Å². The minimum Gasteiger partial charge on any atom is -0.495 e. The first-order valence-electron chi connectivity index (χ1n) is 8.49. The number of nitrogens with one attached hydrogen (secondary N) is 1. The van der Waals surface area contributed by atoms with Gasteiger partial charge in [-0.1, -0.05) is 6.07 Å². The van der Waals surface area contributed by atoms with Crippen LogP contribution in [0.1, 0.15) is 17.2 Å². The van der Waals surface area contributed by atoms with E-state index in [1.165, 1.54) is 7.11 Å². The number of methoxy groups -OCH3 is 1. The molecule has 2 aromatic rings. The van der Waals surface area contributed by atoms with Gasteiger partial charge in [0.1, 0.15) is 10.6 Å². The molecule has 3 rings (SSSR count). The Hall–Kier alpha value is -1.45. The third-order valence-electron chi connectivity index (χ3n) is 4.49. The molecule has 2 heterocycles. The largest absolute Gasteiger partial charge is 0.495 e. The van der Waals surface area contributed by atoms with Gasteiger partial charge in [0.15, 0.2) is 0 Å². The maximum absolute atomic E-state index is 12.9. The van der Waals surface area contributed by atoms with E-state index in [1.807, 2.05) is 24.4 Å². The van der Waals surface area contributed by atoms with E-state index in [1.54, 1.807) is 23.5 Å². The first-order valence-corrected chi connectivity index (χ1v) is 10.9. The predicted octanol–water partition coefficient (Wildman–Crippen LogP) is 2.42. The zero-order valence-corrected chi connectivity index (χ0v) is 16.6. The van der Waals surface area contributed by atoms with Crippen molar-refractivity contribution in [3.63, 3.8) is 0 Å². The molecule has 1 aromatic carbocycles. The number of sulfonamides is 1. The molecule has 0 spiro atoms. The fraction of sp³-hybridized carbons (Fsp3) is 0.444. The number of rotatable bonds is 7. The van der Waals surface area contributed by atoms with Gasteiger partial charge in [0.05, 0.1) is 20.3 Å². The summed E-state index contributed by atoms with van der Waals surface area (Å²) in [5.41, 5.74) is 1.99. The average Bonchev–Trinajstić information content (AvgIpc) is 3.17. The Kier molecular flexibility index (Phi) is 6.31. The van der Waals surface area contributed by atoms with Crippen LogP contribution in [-0.4, -0.2) is 53.3 Å². The normalized spacial score (nSPS) is 17.2. The minimum atomic E-state index is -3.68. The van der Waals surface area contributed by atoms with Crippen LogP contribution in [0.15, 0.2) is 39.9 Å². The quantitative estimate of drug-likeness (QED) is 0.778. The number of hydrogen-bond acceptors (Lipinski definition) is 6. The Morgan fingerprint density at radius 3 is 2.73 bits per heavy atom. The second-order valence-corrected chi connectivity index (χ2v) is 8.74. The summed E-state index contributed by atoms with van der Waals surface area (Å²) in [5, 5.41) is 4.09. The highest BCUT2D eigenvalue weighted by Gasteiger charge is 2.26. The van der Waals surface area contributed by atoms with Gasteiger partial charge in [-0.2, -0.15) is 11.3 Å². The van der Waals surface area contributed by atoms with Gasteiger partial charge in [-0.3, -0.25) is 4.90 Å². The van der Waals surface area contributed by atoms with E-state index in [2.05, 4.69) is 15.0 Å². The van der Waals surface area contributed by atoms with Crippen LogP contribution in [0.3, 0.4) is 0 Å². The SMILES string of the molecule is COc1ccc(C)cc1S(=O)(=O)NCC(c1ccsc1)N1CCOCC1. The monoisotopic (exact) mass is 396 g/mol. The van der Waals surface area contributed by atoms with Crippen molar-refractivity contribution in [3.8, 4) is 5.75 Å². The Morgan fingerprint density at radius 2 is 2.08 bits per heavy atom. The molecule has 1 N–H and O–H groups in total. The Balaban J connectivity index is 1.81. The maximum atomic E-state index is 12.9. The topological polar surface area (TPSA) is 67.9 Å². The highest BCUT2D eigenvalue weighted by molar-refractivity contribution is 7.89. The highest BCUT2D eigenvalue weighted by atomic mass is 32.2. The number of aryl methyl sites for hydroxylation is 1. The molecular formula is C18H24N2O4S2. The summed E-state index contributed by atoms with van der Waals surface area (Å²) in [6.07, 6.45) is 0. The lowest BCUT2D eigenvalue weighted by atomic mass is 10.1. The molecule has 1 aliphatic rings. The van der Waals surface area contributed by atoms with Crippen LogP contribution in [0.4, 0.5) is 0 Å². The van der Waals surface area contributed by atoms with Gasteiger partial charge in [0, 0.05) is 25.7 Å². The lowest BCUT2D eigenvalue weighted by molar-refractivity contribution is 0.0173. The minimum absolute atomic E-state index is 0.0178. The molecule has 1 saturated heterocycles. The van der Waals surface area contributed by atoms with Crippen LogP contribution in [0.2, 0.25) is 0 Å². The van der Waals surface area contributed by atoms with E-state index >= 15 is 0 Å². The number of thiophene rings is 1. The standard InChI is InChI=1S/C18H24N2O4S2/c1-14-3-4-17(23-2)18(11-14)26(21,22)19-12-16(15-5-10-25-13-15)20-6-8-24-9-7-20/h3-5,10-11,13,16,19H,6-9,12H2,1-2H3. The van der Waals surface area contributed by atoms with E-state index in [0.29, 0.717) is 25.5 Å². The van der Waals surface area contributed by atoms with Gasteiger partial charge >= 0.3 is 0 Å². The van der Waals surface area contributed by atoms with E-state index in [9.17, 15) is 8.42 Å². The smallest absolute Gasteiger partial charge is 0.244 e. The highest BCUT2D eigenvalue weighted by Crippen LogP contribution is 2.27. The van der Waals surface area contributed by atoms with Gasteiger partial charge < -0.3 is 9.47 Å². The second-order valence-electron chi connectivity index (χ2n) is 6.23. The van der Waals surface area contributed by atoms with Crippen molar-refractivity contribution >= 4 is 21.4 Å². The van der Waals surface area contributed by atoms with Crippen molar-refractivity contribution in [2.45, 2.75) is 17.9 Å². The Morgan fingerprint density at radius 1 is 1.31 bits per heavy atom. The molecule has 142 valence electrons. The van der Waals surface area contributed by atoms with Crippen molar-refractivity contribution in [2.24, 2.45) is 0 Å². The summed E-state index contributed by atoms with van der Waals surface area (Å²) >= 11 is 1.61. The number of nitrogens with zero attached hydrogens (tertiary/aromatic N) is 1. The molecule has 1 aliphatic heterocycles. The predicted molar refractivity (Wildman–Crippen MR) is 102 cm³/mol. The summed E-state index contributed by atoms with van der Waals surface area (Å²) in [6, 6.07) is 7.18. The molecule has 8 heteroatoms. The summed E-state index contributed by atoms with van der Waals surface area (Å²) in [6.45, 7) is 5.07. The molecule has 1 atom stereocenters. The summed E-state index contributed by atoms with van der Waals surface area (Å²) in [4.78, 5) is 2.44. The van der Waals surface area contributed by atoms with Crippen LogP contribution in [0, 0.1) is 6.92 Å². The molecule has 0 amide bonds. The lowest BCUT2D eigenvalue weighted by Crippen LogP contribution is -2.43. The van der Waals surface area contributed by atoms with Crippen molar-refractivity contribution in [3.05, 3.63) is 46.2 Å². The summed E-state index contributed by atoms with van der Waals surface area (Å²) in [5.74, 6) is 0.349. The van der Waals surface area contributed by atoms with Crippen LogP contribution < -0.4 is 9.46 Å². The van der Waals surface area contributed by atoms with Crippen molar-refractivity contribution in [1.29, 1.82) is 0 Å². The van der Waals surface area contributed by atoms with E-state index < -0.39 is 10.0 Å². The van der Waals surface area contributed by atoms with Crippen molar-refractivity contribution in [2.75, 3.05) is 40.0 Å². The average molecular weight is 397 g/mol. The van der Waals surface area contributed by atoms with Gasteiger partial charge in [-0.25, -0.2) is 13.1 Å². The first-order chi connectivity index (χ1) is 12.5. The molecule has 0 saturated carbocycles. The molecule has 6 nitrogen and oxygen atoms in total. The Bertz CT molecular complexity index is 816. The van der Waals surface area contributed by atoms with E-state index in [-0.39, 0.29) is 10.9 Å².